The second kappa shape index (κ2) is 7.84. The van der Waals surface area contributed by atoms with Crippen LogP contribution in [0.1, 0.15) is 23.1 Å². The third-order valence-corrected chi connectivity index (χ3v) is 4.07. The van der Waals surface area contributed by atoms with Crippen LogP contribution in [-0.4, -0.2) is 40.5 Å². The third kappa shape index (κ3) is 3.59. The molecule has 0 amide bonds. The summed E-state index contributed by atoms with van der Waals surface area (Å²) in [6.45, 7) is 5.27. The van der Waals surface area contributed by atoms with E-state index in [0.29, 0.717) is 29.4 Å². The van der Waals surface area contributed by atoms with Crippen molar-refractivity contribution in [2.75, 3.05) is 19.5 Å². The topological polar surface area (TPSA) is 66.2 Å². The van der Waals surface area contributed by atoms with Crippen LogP contribution in [-0.2, 0) is 6.54 Å². The van der Waals surface area contributed by atoms with Gasteiger partial charge in [-0.3, -0.25) is 4.79 Å². The van der Waals surface area contributed by atoms with Crippen LogP contribution in [0.5, 0.6) is 11.5 Å². The van der Waals surface area contributed by atoms with Crippen molar-refractivity contribution < 1.29 is 14.3 Å². The molecule has 0 spiro atoms. The lowest BCUT2D eigenvalue weighted by atomic mass is 10.2. The van der Waals surface area contributed by atoms with E-state index in [-0.39, 0.29) is 0 Å². The van der Waals surface area contributed by atoms with Crippen LogP contribution in [0.4, 0.5) is 0 Å². The molecule has 118 valence electrons. The van der Waals surface area contributed by atoms with E-state index in [1.54, 1.807) is 37.1 Å². The highest BCUT2D eigenvalue weighted by Gasteiger charge is 2.11. The number of aldehydes is 1. The first-order valence-electron chi connectivity index (χ1n) is 6.98. The molecule has 22 heavy (non-hydrogen) atoms. The molecule has 0 aliphatic rings. The summed E-state index contributed by atoms with van der Waals surface area (Å²) in [6.07, 6.45) is 0.766. The first kappa shape index (κ1) is 16.4. The zero-order chi connectivity index (χ0) is 15.9. The second-order valence-electron chi connectivity index (χ2n) is 4.47. The van der Waals surface area contributed by atoms with Gasteiger partial charge in [0.2, 0.25) is 0 Å². The van der Waals surface area contributed by atoms with Crippen molar-refractivity contribution in [2.45, 2.75) is 25.5 Å². The number of aryl methyl sites for hydroxylation is 1. The molecule has 0 bridgehead atoms. The molecule has 0 radical (unpaired) electrons. The molecule has 0 fully saturated rings. The van der Waals surface area contributed by atoms with Crippen LogP contribution < -0.4 is 9.47 Å². The third-order valence-electron chi connectivity index (χ3n) is 3.14. The van der Waals surface area contributed by atoms with Crippen LogP contribution in [0.15, 0.2) is 23.4 Å². The number of aromatic nitrogens is 3. The Hall–Kier alpha value is -2.02. The zero-order valence-corrected chi connectivity index (χ0v) is 13.7. The number of para-hydroxylation sites is 1. The molecule has 0 unspecified atom stereocenters. The average molecular weight is 321 g/mol. The molecule has 1 aromatic carbocycles. The van der Waals surface area contributed by atoms with E-state index < -0.39 is 0 Å². The zero-order valence-electron chi connectivity index (χ0n) is 12.9. The Kier molecular flexibility index (Phi) is 5.83. The Bertz CT molecular complexity index is 643. The van der Waals surface area contributed by atoms with Crippen molar-refractivity contribution in [1.82, 2.24) is 14.8 Å². The van der Waals surface area contributed by atoms with Gasteiger partial charge in [-0.1, -0.05) is 17.8 Å². The smallest absolute Gasteiger partial charge is 0.191 e. The fourth-order valence-electron chi connectivity index (χ4n) is 2.05. The van der Waals surface area contributed by atoms with Crippen LogP contribution >= 0.6 is 11.8 Å². The van der Waals surface area contributed by atoms with Gasteiger partial charge in [0.1, 0.15) is 5.82 Å². The van der Waals surface area contributed by atoms with Crippen LogP contribution in [0.25, 0.3) is 0 Å². The lowest BCUT2D eigenvalue weighted by Gasteiger charge is -2.12. The monoisotopic (exact) mass is 321 g/mol. The van der Waals surface area contributed by atoms with Crippen molar-refractivity contribution in [1.29, 1.82) is 0 Å². The summed E-state index contributed by atoms with van der Waals surface area (Å²) in [4.78, 5) is 11.1. The van der Waals surface area contributed by atoms with E-state index >= 15 is 0 Å². The highest BCUT2D eigenvalue weighted by atomic mass is 32.2. The number of thioether (sulfide) groups is 1. The van der Waals surface area contributed by atoms with E-state index in [0.717, 1.165) is 23.8 Å². The molecule has 7 heteroatoms. The highest BCUT2D eigenvalue weighted by molar-refractivity contribution is 7.99. The van der Waals surface area contributed by atoms with Crippen molar-refractivity contribution in [3.63, 3.8) is 0 Å². The Morgan fingerprint density at radius 3 is 2.86 bits per heavy atom. The molecule has 0 saturated carbocycles. The molecule has 0 N–H and O–H groups in total. The molecule has 0 aliphatic carbocycles. The summed E-state index contributed by atoms with van der Waals surface area (Å²) in [6, 6.07) is 5.23. The number of nitrogens with zero attached hydrogens (tertiary/aromatic N) is 3. The summed E-state index contributed by atoms with van der Waals surface area (Å²) in [5, 5.41) is 9.08. The number of methoxy groups -OCH3 is 1. The molecular weight excluding hydrogens is 302 g/mol. The number of carbonyl (C=O) groups is 1. The van der Waals surface area contributed by atoms with Gasteiger partial charge in [-0.25, -0.2) is 0 Å². The van der Waals surface area contributed by atoms with Crippen LogP contribution in [0.3, 0.4) is 0 Å². The fraction of sp³-hybridized carbons (Fsp3) is 0.400. The Morgan fingerprint density at radius 2 is 2.18 bits per heavy atom. The van der Waals surface area contributed by atoms with Gasteiger partial charge in [-0.05, 0) is 26.0 Å². The number of hydrogen-bond donors (Lipinski definition) is 0. The predicted molar refractivity (Wildman–Crippen MR) is 85.0 cm³/mol. The lowest BCUT2D eigenvalue weighted by Crippen LogP contribution is -2.05. The van der Waals surface area contributed by atoms with Crippen molar-refractivity contribution in [3.8, 4) is 11.5 Å². The van der Waals surface area contributed by atoms with Crippen molar-refractivity contribution >= 4 is 18.0 Å². The van der Waals surface area contributed by atoms with E-state index in [2.05, 4.69) is 17.1 Å². The Morgan fingerprint density at radius 1 is 1.36 bits per heavy atom. The molecule has 0 aliphatic heterocycles. The molecule has 2 aromatic rings. The minimum Gasteiger partial charge on any atom is -0.493 e. The molecular formula is C15H19N3O3S. The number of hydrogen-bond acceptors (Lipinski definition) is 6. The molecule has 0 saturated heterocycles. The van der Waals surface area contributed by atoms with Gasteiger partial charge >= 0.3 is 0 Å². The summed E-state index contributed by atoms with van der Waals surface area (Å²) in [5.74, 6) is 2.64. The normalized spacial score (nSPS) is 10.5. The number of ether oxygens (including phenoxy) is 2. The minimum absolute atomic E-state index is 0.446. The number of rotatable bonds is 8. The summed E-state index contributed by atoms with van der Waals surface area (Å²) >= 11 is 1.57. The number of carbonyl (C=O) groups excluding carboxylic acids is 1. The van der Waals surface area contributed by atoms with Gasteiger partial charge in [0, 0.05) is 12.3 Å². The van der Waals surface area contributed by atoms with E-state index in [9.17, 15) is 4.79 Å². The van der Waals surface area contributed by atoms with Crippen LogP contribution in [0, 0.1) is 6.92 Å². The van der Waals surface area contributed by atoms with Gasteiger partial charge in [0.15, 0.2) is 22.9 Å². The van der Waals surface area contributed by atoms with Gasteiger partial charge in [-0.15, -0.1) is 10.2 Å². The van der Waals surface area contributed by atoms with Gasteiger partial charge in [0.05, 0.1) is 19.3 Å². The number of benzene rings is 1. The van der Waals surface area contributed by atoms with Crippen molar-refractivity contribution in [3.05, 3.63) is 29.6 Å². The highest BCUT2D eigenvalue weighted by Crippen LogP contribution is 2.30. The fourth-order valence-corrected chi connectivity index (χ4v) is 2.91. The largest absolute Gasteiger partial charge is 0.493 e. The molecule has 1 heterocycles. The maximum atomic E-state index is 11.1. The van der Waals surface area contributed by atoms with E-state index in [1.807, 2.05) is 11.5 Å². The van der Waals surface area contributed by atoms with Crippen molar-refractivity contribution in [2.24, 2.45) is 0 Å². The molecule has 0 atom stereocenters. The minimum atomic E-state index is 0.446. The Balaban J connectivity index is 1.95. The molecule has 6 nitrogen and oxygen atoms in total. The van der Waals surface area contributed by atoms with Crippen LogP contribution in [0.2, 0.25) is 0 Å². The van der Waals surface area contributed by atoms with Gasteiger partial charge in [-0.2, -0.15) is 0 Å². The quantitative estimate of drug-likeness (QED) is 0.423. The maximum Gasteiger partial charge on any atom is 0.191 e. The molecule has 1 aromatic heterocycles. The van der Waals surface area contributed by atoms with Gasteiger partial charge < -0.3 is 14.0 Å². The standard InChI is InChI=1S/C15H19N3O3S/c1-4-18-11(2)16-17-15(18)22-9-8-21-14-12(10-19)6-5-7-13(14)20-3/h5-7,10H,4,8-9H2,1-3H3. The molecule has 2 rings (SSSR count). The predicted octanol–water partition coefficient (Wildman–Crippen LogP) is 2.60. The second-order valence-corrected chi connectivity index (χ2v) is 5.53. The average Bonchev–Trinajstić information content (AvgIpc) is 2.91. The first-order chi connectivity index (χ1) is 10.7. The summed E-state index contributed by atoms with van der Waals surface area (Å²) in [7, 11) is 1.55. The Labute approximate surface area is 133 Å². The van der Waals surface area contributed by atoms with Gasteiger partial charge in [0.25, 0.3) is 0 Å². The summed E-state index contributed by atoms with van der Waals surface area (Å²) in [5.41, 5.74) is 0.483. The lowest BCUT2D eigenvalue weighted by molar-refractivity contribution is 0.111. The van der Waals surface area contributed by atoms with E-state index in [1.165, 1.54) is 0 Å². The first-order valence-corrected chi connectivity index (χ1v) is 7.97. The maximum absolute atomic E-state index is 11.1. The SMILES string of the molecule is CCn1c(C)nnc1SCCOc1c(C=O)cccc1OC. The summed E-state index contributed by atoms with van der Waals surface area (Å²) < 4.78 is 13.0. The van der Waals surface area contributed by atoms with E-state index in [4.69, 9.17) is 9.47 Å².